The van der Waals surface area contributed by atoms with Crippen molar-refractivity contribution in [3.63, 3.8) is 0 Å². The van der Waals surface area contributed by atoms with Gasteiger partial charge in [0.1, 0.15) is 5.75 Å². The maximum atomic E-state index is 14.3. The minimum atomic E-state index is -4.98. The van der Waals surface area contributed by atoms with E-state index in [1.165, 1.54) is 31.2 Å². The number of thiazole rings is 1. The molecule has 0 N–H and O–H groups in total. The summed E-state index contributed by atoms with van der Waals surface area (Å²) in [4.78, 5) is 30.3. The maximum Gasteiger partial charge on any atom is 0.434 e. The van der Waals surface area contributed by atoms with E-state index >= 15 is 0 Å². The molecule has 1 aromatic heterocycles. The molecule has 0 unspecified atom stereocenters. The van der Waals surface area contributed by atoms with E-state index in [2.05, 4.69) is 50.2 Å². The summed E-state index contributed by atoms with van der Waals surface area (Å²) >= 11 is 11.1. The van der Waals surface area contributed by atoms with Crippen LogP contribution in [0.5, 0.6) is 5.75 Å². The van der Waals surface area contributed by atoms with E-state index < -0.39 is 35.0 Å². The van der Waals surface area contributed by atoms with Gasteiger partial charge >= 0.3 is 12.1 Å². The summed E-state index contributed by atoms with van der Waals surface area (Å²) in [6.45, 7) is 5.06. The summed E-state index contributed by atoms with van der Waals surface area (Å²) < 4.78 is 56.7. The van der Waals surface area contributed by atoms with Gasteiger partial charge < -0.3 is 9.47 Å². The molecule has 1 atom stereocenters. The Balaban J connectivity index is 2.06. The third-order valence-corrected chi connectivity index (χ3v) is 8.12. The standard InChI is InChI=1S/C26H20ClF3I2N2O4S/c1-4-37-24(36)19-20(13-5-7-15(27)8-6-13)34-23(35)18(39-25(34)33-22(19)26(28,29)30)10-14-9-16(31)11-17(32)21(14)38-12(2)3/h5-12,20H,4H2,1-3H3/b18-10-/t20-/m1/s1. The predicted octanol–water partition coefficient (Wildman–Crippen LogP) is 5.99. The normalized spacial score (nSPS) is 15.8. The van der Waals surface area contributed by atoms with E-state index in [0.29, 0.717) is 16.3 Å². The first-order valence-electron chi connectivity index (χ1n) is 11.5. The quantitative estimate of drug-likeness (QED) is 0.227. The van der Waals surface area contributed by atoms with E-state index in [-0.39, 0.29) is 27.6 Å². The van der Waals surface area contributed by atoms with Crippen molar-refractivity contribution in [3.8, 4) is 5.75 Å². The lowest BCUT2D eigenvalue weighted by atomic mass is 9.95. The molecule has 1 aliphatic rings. The highest BCUT2D eigenvalue weighted by molar-refractivity contribution is 14.1. The predicted molar refractivity (Wildman–Crippen MR) is 160 cm³/mol. The van der Waals surface area contributed by atoms with Crippen LogP contribution in [0.25, 0.3) is 6.08 Å². The van der Waals surface area contributed by atoms with Gasteiger partial charge in [-0.15, -0.1) is 0 Å². The second kappa shape index (κ2) is 11.9. The summed E-state index contributed by atoms with van der Waals surface area (Å²) in [5.74, 6) is -0.656. The highest BCUT2D eigenvalue weighted by Gasteiger charge is 2.45. The van der Waals surface area contributed by atoms with Crippen LogP contribution in [-0.4, -0.2) is 29.4 Å². The van der Waals surface area contributed by atoms with Crippen molar-refractivity contribution in [1.82, 2.24) is 4.57 Å². The molecular weight excluding hydrogens is 783 g/mol. The van der Waals surface area contributed by atoms with E-state index in [0.717, 1.165) is 23.0 Å². The van der Waals surface area contributed by atoms with Gasteiger partial charge in [0.25, 0.3) is 5.56 Å². The number of carbonyl (C=O) groups excluding carboxylic acids is 1. The number of fused-ring (bicyclic) bond motifs is 1. The van der Waals surface area contributed by atoms with Crippen LogP contribution < -0.4 is 19.6 Å². The third kappa shape index (κ3) is 6.38. The van der Waals surface area contributed by atoms with Crippen LogP contribution in [0.1, 0.15) is 37.9 Å². The van der Waals surface area contributed by atoms with Crippen LogP contribution in [0.3, 0.4) is 0 Å². The number of benzene rings is 2. The molecule has 0 radical (unpaired) electrons. The number of alkyl halides is 3. The van der Waals surface area contributed by atoms with Crippen molar-refractivity contribution < 1.29 is 27.4 Å². The molecule has 1 aliphatic heterocycles. The topological polar surface area (TPSA) is 69.9 Å². The summed E-state index contributed by atoms with van der Waals surface area (Å²) in [5.41, 5.74) is -1.93. The molecule has 206 valence electrons. The Kier molecular flexibility index (Phi) is 9.18. The van der Waals surface area contributed by atoms with Gasteiger partial charge in [0.2, 0.25) is 0 Å². The lowest BCUT2D eigenvalue weighted by Crippen LogP contribution is -2.41. The summed E-state index contributed by atoms with van der Waals surface area (Å²) in [6.07, 6.45) is -3.56. The number of esters is 1. The third-order valence-electron chi connectivity index (χ3n) is 5.46. The van der Waals surface area contributed by atoms with Gasteiger partial charge in [-0.25, -0.2) is 9.79 Å². The molecule has 0 fully saturated rings. The number of nitrogens with zero attached hydrogens (tertiary/aromatic N) is 2. The van der Waals surface area contributed by atoms with E-state index in [1.54, 1.807) is 6.08 Å². The van der Waals surface area contributed by atoms with Crippen LogP contribution in [0.2, 0.25) is 5.02 Å². The molecule has 3 aromatic rings. The van der Waals surface area contributed by atoms with Crippen LogP contribution in [0.15, 0.2) is 57.5 Å². The molecular formula is C26H20ClF3I2N2O4S. The molecule has 0 amide bonds. The monoisotopic (exact) mass is 802 g/mol. The second-order valence-corrected chi connectivity index (χ2v) is 12.4. The molecule has 13 heteroatoms. The minimum absolute atomic E-state index is 0.130. The Hall–Kier alpha value is -1.91. The molecule has 0 aliphatic carbocycles. The number of rotatable bonds is 6. The molecule has 0 bridgehead atoms. The molecule has 0 saturated carbocycles. The number of carbonyl (C=O) groups is 1. The number of hydrogen-bond acceptors (Lipinski definition) is 6. The lowest BCUT2D eigenvalue weighted by Gasteiger charge is -2.26. The zero-order valence-corrected chi connectivity index (χ0v) is 26.5. The Morgan fingerprint density at radius 1 is 1.23 bits per heavy atom. The molecule has 0 spiro atoms. The number of halogens is 6. The first-order valence-corrected chi connectivity index (χ1v) is 14.9. The zero-order valence-electron chi connectivity index (χ0n) is 20.6. The Morgan fingerprint density at radius 3 is 2.49 bits per heavy atom. The zero-order chi connectivity index (χ0) is 28.6. The second-order valence-electron chi connectivity index (χ2n) is 8.59. The fourth-order valence-corrected chi connectivity index (χ4v) is 7.12. The smallest absolute Gasteiger partial charge is 0.434 e. The molecule has 6 nitrogen and oxygen atoms in total. The maximum absolute atomic E-state index is 14.3. The van der Waals surface area contributed by atoms with Crippen molar-refractivity contribution in [3.05, 3.63) is 90.6 Å². The van der Waals surface area contributed by atoms with Gasteiger partial charge in [-0.2, -0.15) is 13.2 Å². The number of hydrogen-bond donors (Lipinski definition) is 0. The van der Waals surface area contributed by atoms with E-state index in [9.17, 15) is 22.8 Å². The van der Waals surface area contributed by atoms with Gasteiger partial charge in [0, 0.05) is 14.2 Å². The highest BCUT2D eigenvalue weighted by Crippen LogP contribution is 2.38. The Labute approximate surface area is 257 Å². The average molecular weight is 803 g/mol. The van der Waals surface area contributed by atoms with Gasteiger partial charge in [-0.05, 0) is 102 Å². The van der Waals surface area contributed by atoms with Gasteiger partial charge in [0.15, 0.2) is 10.5 Å². The summed E-state index contributed by atoms with van der Waals surface area (Å²) in [6, 6.07) is 8.20. The average Bonchev–Trinajstić information content (AvgIpc) is 3.15. The molecule has 39 heavy (non-hydrogen) atoms. The summed E-state index contributed by atoms with van der Waals surface area (Å²) in [5, 5.41) is 0.342. The van der Waals surface area contributed by atoms with Crippen LogP contribution in [0, 0.1) is 7.14 Å². The molecule has 0 saturated heterocycles. The minimum Gasteiger partial charge on any atom is -0.489 e. The first kappa shape index (κ1) is 30.1. The molecule has 4 rings (SSSR count). The number of ether oxygens (including phenoxy) is 2. The van der Waals surface area contributed by atoms with Gasteiger partial charge in [-0.1, -0.05) is 35.1 Å². The largest absolute Gasteiger partial charge is 0.489 e. The fourth-order valence-electron chi connectivity index (χ4n) is 3.99. The highest BCUT2D eigenvalue weighted by atomic mass is 127. The Bertz CT molecular complexity index is 1650. The number of aromatic nitrogens is 1. The fraction of sp³-hybridized carbons (Fsp3) is 0.269. The van der Waals surface area contributed by atoms with Crippen LogP contribution in [-0.2, 0) is 9.53 Å². The number of allylic oxidation sites excluding steroid dienone is 1. The van der Waals surface area contributed by atoms with Crippen LogP contribution in [0.4, 0.5) is 13.2 Å². The van der Waals surface area contributed by atoms with Crippen molar-refractivity contribution in [1.29, 1.82) is 0 Å². The summed E-state index contributed by atoms with van der Waals surface area (Å²) in [7, 11) is 0. The van der Waals surface area contributed by atoms with Crippen molar-refractivity contribution >= 4 is 80.2 Å². The first-order chi connectivity index (χ1) is 18.3. The van der Waals surface area contributed by atoms with Gasteiger partial charge in [-0.3, -0.25) is 9.36 Å². The van der Waals surface area contributed by atoms with Gasteiger partial charge in [0.05, 0.1) is 32.4 Å². The van der Waals surface area contributed by atoms with Crippen molar-refractivity contribution in [2.45, 2.75) is 39.1 Å². The van der Waals surface area contributed by atoms with Crippen molar-refractivity contribution in [2.75, 3.05) is 6.61 Å². The van der Waals surface area contributed by atoms with E-state index in [4.69, 9.17) is 21.1 Å². The SMILES string of the molecule is CCOC(=O)C1=C(C(F)(F)F)N=c2s/c(=C\c3cc(I)cc(I)c3OC(C)C)c(=O)n2[C@@H]1c1ccc(Cl)cc1. The molecule has 2 aromatic carbocycles. The lowest BCUT2D eigenvalue weighted by molar-refractivity contribution is -0.140. The van der Waals surface area contributed by atoms with Crippen LogP contribution >= 0.6 is 68.1 Å². The van der Waals surface area contributed by atoms with Crippen molar-refractivity contribution in [2.24, 2.45) is 4.99 Å². The van der Waals surface area contributed by atoms with E-state index in [1.807, 2.05) is 26.0 Å². The Morgan fingerprint density at radius 2 is 1.90 bits per heavy atom. The molecule has 2 heterocycles.